The molecule has 0 aliphatic carbocycles. The Balaban J connectivity index is 1.62. The van der Waals surface area contributed by atoms with Crippen molar-refractivity contribution in [3.05, 3.63) is 0 Å². The number of nitrogens with zero attached hydrogens (tertiary/aromatic N) is 1. The molecule has 2 saturated heterocycles. The van der Waals surface area contributed by atoms with E-state index in [4.69, 9.17) is 9.47 Å². The molecule has 0 radical (unpaired) electrons. The summed E-state index contributed by atoms with van der Waals surface area (Å²) < 4.78 is 10.7. The van der Waals surface area contributed by atoms with Crippen molar-refractivity contribution in [2.75, 3.05) is 46.1 Å². The first-order valence-corrected chi connectivity index (χ1v) is 6.42. The second kappa shape index (κ2) is 6.33. The van der Waals surface area contributed by atoms with Gasteiger partial charge in [-0.1, -0.05) is 0 Å². The first-order valence-electron chi connectivity index (χ1n) is 6.42. The number of hydrogen-bond donors (Lipinski definition) is 1. The topological polar surface area (TPSA) is 50.8 Å². The Morgan fingerprint density at radius 3 is 3.18 bits per heavy atom. The molecule has 17 heavy (non-hydrogen) atoms. The van der Waals surface area contributed by atoms with Crippen LogP contribution in [0.25, 0.3) is 0 Å². The van der Waals surface area contributed by atoms with E-state index in [1.807, 2.05) is 4.90 Å². The van der Waals surface area contributed by atoms with E-state index >= 15 is 0 Å². The fraction of sp³-hybridized carbons (Fsp3) is 0.917. The smallest absolute Gasteiger partial charge is 0.248 e. The normalized spacial score (nSPS) is 29.6. The zero-order chi connectivity index (χ0) is 12.1. The summed E-state index contributed by atoms with van der Waals surface area (Å²) in [6.45, 7) is 7.01. The molecule has 0 bridgehead atoms. The standard InChI is InChI=1S/C12H22N2O3/c1-10-6-14(4-3-13-10)12(15)9-17-8-11-2-5-16-7-11/h10-11,13H,2-9H2,1H3/t10-,11+/m1/s1. The minimum absolute atomic E-state index is 0.109. The zero-order valence-corrected chi connectivity index (χ0v) is 10.5. The third-order valence-corrected chi connectivity index (χ3v) is 3.32. The Morgan fingerprint density at radius 2 is 2.47 bits per heavy atom. The van der Waals surface area contributed by atoms with E-state index in [0.717, 1.165) is 39.3 Å². The summed E-state index contributed by atoms with van der Waals surface area (Å²) in [5, 5.41) is 3.32. The Bertz CT molecular complexity index is 254. The summed E-state index contributed by atoms with van der Waals surface area (Å²) in [4.78, 5) is 13.7. The van der Waals surface area contributed by atoms with E-state index in [-0.39, 0.29) is 12.5 Å². The van der Waals surface area contributed by atoms with Crippen LogP contribution in [0.3, 0.4) is 0 Å². The number of piperazine rings is 1. The number of carbonyl (C=O) groups is 1. The first-order chi connectivity index (χ1) is 8.25. The van der Waals surface area contributed by atoms with Crippen molar-refractivity contribution in [1.82, 2.24) is 10.2 Å². The highest BCUT2D eigenvalue weighted by atomic mass is 16.5. The second-order valence-electron chi connectivity index (χ2n) is 4.94. The highest BCUT2D eigenvalue weighted by molar-refractivity contribution is 5.77. The van der Waals surface area contributed by atoms with Crippen LogP contribution < -0.4 is 5.32 Å². The lowest BCUT2D eigenvalue weighted by Gasteiger charge is -2.31. The van der Waals surface area contributed by atoms with Crippen molar-refractivity contribution in [2.24, 2.45) is 5.92 Å². The average Bonchev–Trinajstić information content (AvgIpc) is 2.82. The maximum atomic E-state index is 11.9. The molecule has 5 nitrogen and oxygen atoms in total. The number of nitrogens with one attached hydrogen (secondary N) is 1. The lowest BCUT2D eigenvalue weighted by atomic mass is 10.1. The molecule has 2 atom stereocenters. The number of ether oxygens (including phenoxy) is 2. The monoisotopic (exact) mass is 242 g/mol. The highest BCUT2D eigenvalue weighted by Crippen LogP contribution is 2.12. The molecule has 0 aromatic carbocycles. The van der Waals surface area contributed by atoms with Crippen LogP contribution in [0.5, 0.6) is 0 Å². The van der Waals surface area contributed by atoms with Gasteiger partial charge in [-0.25, -0.2) is 0 Å². The van der Waals surface area contributed by atoms with Crippen molar-refractivity contribution < 1.29 is 14.3 Å². The molecule has 0 saturated carbocycles. The molecule has 0 spiro atoms. The fourth-order valence-electron chi connectivity index (χ4n) is 2.28. The van der Waals surface area contributed by atoms with E-state index in [0.29, 0.717) is 18.6 Å². The third-order valence-electron chi connectivity index (χ3n) is 3.32. The molecule has 2 fully saturated rings. The largest absolute Gasteiger partial charge is 0.381 e. The van der Waals surface area contributed by atoms with E-state index in [1.165, 1.54) is 0 Å². The van der Waals surface area contributed by atoms with Gasteiger partial charge in [0.05, 0.1) is 13.2 Å². The SMILES string of the molecule is C[C@@H]1CN(C(=O)COC[C@H]2CCOC2)CCN1. The molecule has 98 valence electrons. The molecule has 0 aromatic heterocycles. The summed E-state index contributed by atoms with van der Waals surface area (Å²) in [5.74, 6) is 0.585. The van der Waals surface area contributed by atoms with Crippen LogP contribution in [0.15, 0.2) is 0 Å². The maximum Gasteiger partial charge on any atom is 0.248 e. The summed E-state index contributed by atoms with van der Waals surface area (Å²) in [7, 11) is 0. The molecular formula is C12H22N2O3. The van der Waals surface area contributed by atoms with Gasteiger partial charge in [0.25, 0.3) is 0 Å². The molecular weight excluding hydrogens is 220 g/mol. The number of hydrogen-bond acceptors (Lipinski definition) is 4. The predicted molar refractivity (Wildman–Crippen MR) is 63.8 cm³/mol. The maximum absolute atomic E-state index is 11.9. The molecule has 2 aliphatic heterocycles. The quantitative estimate of drug-likeness (QED) is 0.745. The van der Waals surface area contributed by atoms with Crippen LogP contribution in [0.1, 0.15) is 13.3 Å². The Labute approximate surface area is 102 Å². The van der Waals surface area contributed by atoms with Crippen molar-refractivity contribution in [3.63, 3.8) is 0 Å². The lowest BCUT2D eigenvalue weighted by Crippen LogP contribution is -2.52. The van der Waals surface area contributed by atoms with E-state index in [1.54, 1.807) is 0 Å². The van der Waals surface area contributed by atoms with Crippen LogP contribution in [0, 0.1) is 5.92 Å². The van der Waals surface area contributed by atoms with Crippen molar-refractivity contribution in [2.45, 2.75) is 19.4 Å². The molecule has 0 aromatic rings. The second-order valence-corrected chi connectivity index (χ2v) is 4.94. The Hall–Kier alpha value is -0.650. The van der Waals surface area contributed by atoms with Gasteiger partial charge >= 0.3 is 0 Å². The zero-order valence-electron chi connectivity index (χ0n) is 10.5. The third kappa shape index (κ3) is 3.94. The van der Waals surface area contributed by atoms with Gasteiger partial charge in [0, 0.05) is 38.2 Å². The van der Waals surface area contributed by atoms with Crippen LogP contribution in [0.4, 0.5) is 0 Å². The highest BCUT2D eigenvalue weighted by Gasteiger charge is 2.21. The lowest BCUT2D eigenvalue weighted by molar-refractivity contribution is -0.137. The molecule has 2 rings (SSSR count). The van der Waals surface area contributed by atoms with Gasteiger partial charge in [-0.15, -0.1) is 0 Å². The molecule has 1 N–H and O–H groups in total. The van der Waals surface area contributed by atoms with Gasteiger partial charge in [0.15, 0.2) is 0 Å². The number of rotatable bonds is 4. The summed E-state index contributed by atoms with van der Waals surface area (Å²) in [6.07, 6.45) is 1.05. The van der Waals surface area contributed by atoms with Crippen LogP contribution >= 0.6 is 0 Å². The van der Waals surface area contributed by atoms with Crippen molar-refractivity contribution >= 4 is 5.91 Å². The van der Waals surface area contributed by atoms with Crippen LogP contribution in [-0.4, -0.2) is 62.9 Å². The molecule has 0 unspecified atom stereocenters. The average molecular weight is 242 g/mol. The van der Waals surface area contributed by atoms with Gasteiger partial charge in [-0.3, -0.25) is 4.79 Å². The fourth-order valence-corrected chi connectivity index (χ4v) is 2.28. The van der Waals surface area contributed by atoms with Crippen LogP contribution in [0.2, 0.25) is 0 Å². The van der Waals surface area contributed by atoms with Gasteiger partial charge < -0.3 is 19.7 Å². The number of carbonyl (C=O) groups excluding carboxylic acids is 1. The minimum Gasteiger partial charge on any atom is -0.381 e. The van der Waals surface area contributed by atoms with Crippen molar-refractivity contribution in [3.8, 4) is 0 Å². The number of amides is 1. The van der Waals surface area contributed by atoms with Gasteiger partial charge in [0.1, 0.15) is 6.61 Å². The summed E-state index contributed by atoms with van der Waals surface area (Å²) >= 11 is 0. The first kappa shape index (κ1) is 12.8. The minimum atomic E-state index is 0.109. The molecule has 1 amide bonds. The summed E-state index contributed by atoms with van der Waals surface area (Å²) in [6, 6.07) is 0.385. The van der Waals surface area contributed by atoms with E-state index in [9.17, 15) is 4.79 Å². The van der Waals surface area contributed by atoms with Crippen LogP contribution in [-0.2, 0) is 14.3 Å². The van der Waals surface area contributed by atoms with Gasteiger partial charge in [0.2, 0.25) is 5.91 Å². The molecule has 2 aliphatic rings. The molecule has 2 heterocycles. The molecule has 5 heteroatoms. The summed E-state index contributed by atoms with van der Waals surface area (Å²) in [5.41, 5.74) is 0. The van der Waals surface area contributed by atoms with Gasteiger partial charge in [-0.2, -0.15) is 0 Å². The van der Waals surface area contributed by atoms with Gasteiger partial charge in [-0.05, 0) is 13.3 Å². The van der Waals surface area contributed by atoms with E-state index in [2.05, 4.69) is 12.2 Å². The van der Waals surface area contributed by atoms with E-state index < -0.39 is 0 Å². The van der Waals surface area contributed by atoms with Crippen molar-refractivity contribution in [1.29, 1.82) is 0 Å². The predicted octanol–water partition coefficient (Wildman–Crippen LogP) is -0.140. The Morgan fingerprint density at radius 1 is 1.59 bits per heavy atom. The Kier molecular flexibility index (Phi) is 4.76.